The molecule has 2 amide bonds. The van der Waals surface area contributed by atoms with Gasteiger partial charge in [-0.05, 0) is 48.8 Å². The maximum absolute atomic E-state index is 14.0. The minimum Gasteiger partial charge on any atom is -0.481 e. The van der Waals surface area contributed by atoms with Crippen LogP contribution in [0.3, 0.4) is 0 Å². The summed E-state index contributed by atoms with van der Waals surface area (Å²) in [5, 5.41) is 12.4. The molecule has 0 spiro atoms. The van der Waals surface area contributed by atoms with Gasteiger partial charge in [0.25, 0.3) is 0 Å². The van der Waals surface area contributed by atoms with Gasteiger partial charge in [-0.2, -0.15) is 0 Å². The van der Waals surface area contributed by atoms with Gasteiger partial charge in [-0.15, -0.1) is 11.3 Å². The van der Waals surface area contributed by atoms with Crippen LogP contribution in [0.4, 0.5) is 10.9 Å². The number of rotatable bonds is 7. The predicted octanol–water partition coefficient (Wildman–Crippen LogP) is 6.66. The number of nitrogens with zero attached hydrogens (tertiary/aromatic N) is 4. The van der Waals surface area contributed by atoms with E-state index in [1.165, 1.54) is 24.2 Å². The number of amides is 2. The second-order valence-electron chi connectivity index (χ2n) is 12.0. The summed E-state index contributed by atoms with van der Waals surface area (Å²) < 4.78 is 0. The number of benzene rings is 1. The van der Waals surface area contributed by atoms with Crippen molar-refractivity contribution in [2.75, 3.05) is 22.9 Å². The molecule has 2 saturated heterocycles. The molecule has 0 radical (unpaired) electrons. The van der Waals surface area contributed by atoms with Crippen LogP contribution in [0.1, 0.15) is 64.7 Å². The number of thiazole rings is 1. The largest absolute Gasteiger partial charge is 0.481 e. The van der Waals surface area contributed by atoms with Crippen LogP contribution < -0.4 is 9.80 Å². The van der Waals surface area contributed by atoms with Crippen LogP contribution in [0, 0.1) is 23.7 Å². The first-order chi connectivity index (χ1) is 20.4. The third-order valence-corrected chi connectivity index (χ3v) is 10.3. The minimum absolute atomic E-state index is 0.0273. The van der Waals surface area contributed by atoms with E-state index in [-0.39, 0.29) is 30.1 Å². The maximum atomic E-state index is 14.0. The highest BCUT2D eigenvalue weighted by molar-refractivity contribution is 7.14. The van der Waals surface area contributed by atoms with E-state index in [2.05, 4.69) is 4.98 Å². The van der Waals surface area contributed by atoms with Gasteiger partial charge in [-0.1, -0.05) is 63.3 Å². The van der Waals surface area contributed by atoms with Crippen LogP contribution in [-0.2, 0) is 14.4 Å². The van der Waals surface area contributed by atoms with E-state index in [0.29, 0.717) is 30.0 Å². The van der Waals surface area contributed by atoms with Crippen LogP contribution in [0.15, 0.2) is 48.0 Å². The Hall–Kier alpha value is -3.59. The lowest BCUT2D eigenvalue weighted by atomic mass is 9.74. The van der Waals surface area contributed by atoms with E-state index in [0.717, 1.165) is 60.9 Å². The number of carbonyl (C=O) groups is 3. The van der Waals surface area contributed by atoms with Crippen molar-refractivity contribution in [2.45, 2.75) is 64.7 Å². The Morgan fingerprint density at radius 1 is 0.929 bits per heavy atom. The number of aliphatic carboxylic acids is 1. The van der Waals surface area contributed by atoms with Crippen molar-refractivity contribution in [2.24, 2.45) is 23.7 Å². The number of pyridine rings is 1. The van der Waals surface area contributed by atoms with Gasteiger partial charge in [-0.25, -0.2) is 9.97 Å². The highest BCUT2D eigenvalue weighted by Crippen LogP contribution is 2.42. The highest BCUT2D eigenvalue weighted by atomic mass is 32.1. The number of aromatic nitrogens is 2. The molecule has 3 atom stereocenters. The molecule has 8 nitrogen and oxygen atoms in total. The summed E-state index contributed by atoms with van der Waals surface area (Å²) in [5.74, 6) is -0.145. The first kappa shape index (κ1) is 28.5. The molecule has 0 unspecified atom stereocenters. The molecule has 1 saturated carbocycles. The van der Waals surface area contributed by atoms with Gasteiger partial charge in [0.1, 0.15) is 5.82 Å². The van der Waals surface area contributed by atoms with Crippen molar-refractivity contribution in [3.63, 3.8) is 0 Å². The monoisotopic (exact) mass is 586 g/mol. The second kappa shape index (κ2) is 12.3. The summed E-state index contributed by atoms with van der Waals surface area (Å²) >= 11 is 1.44. The lowest BCUT2D eigenvalue weighted by Crippen LogP contribution is -2.44. The van der Waals surface area contributed by atoms with Crippen LogP contribution in [-0.4, -0.2) is 45.9 Å². The predicted molar refractivity (Wildman–Crippen MR) is 164 cm³/mol. The fraction of sp³-hybridized carbons (Fsp3) is 0.485. The van der Waals surface area contributed by atoms with Gasteiger partial charge in [0.05, 0.1) is 18.0 Å². The standard InChI is InChI=1S/C33H38N4O4S/c1-21-15-17-36(31(21)40)29-14-13-23(19-34-29)25-10-4-5-12-26(25)28-20-42-33(35-28)37-16-7-6-11-24(22-8-2-3-9-22)27(32(37)41)18-30(38)39/h4-5,10,12-14,19-22,24,27H,2-3,6-9,11,15-18H2,1H3,(H,38,39)/t21-,24-,27+/m1/s1. The molecular weight excluding hydrogens is 548 g/mol. The van der Waals surface area contributed by atoms with Crippen LogP contribution in [0.5, 0.6) is 0 Å². The summed E-state index contributed by atoms with van der Waals surface area (Å²) in [6.07, 6.45) is 9.85. The van der Waals surface area contributed by atoms with Gasteiger partial charge in [0, 0.05) is 41.7 Å². The summed E-state index contributed by atoms with van der Waals surface area (Å²) in [5.41, 5.74) is 3.60. The molecule has 9 heteroatoms. The van der Waals surface area contributed by atoms with Crippen molar-refractivity contribution < 1.29 is 19.5 Å². The molecule has 42 heavy (non-hydrogen) atoms. The second-order valence-corrected chi connectivity index (χ2v) is 12.9. The van der Waals surface area contributed by atoms with Crippen molar-refractivity contribution >= 4 is 40.1 Å². The van der Waals surface area contributed by atoms with Gasteiger partial charge in [0.2, 0.25) is 11.8 Å². The topological polar surface area (TPSA) is 104 Å². The molecule has 3 fully saturated rings. The van der Waals surface area contributed by atoms with Crippen molar-refractivity contribution in [1.82, 2.24) is 9.97 Å². The van der Waals surface area contributed by atoms with Crippen molar-refractivity contribution in [1.29, 1.82) is 0 Å². The SMILES string of the molecule is C[C@@H]1CCN(c2ccc(-c3ccccc3-c3csc(N4CCCC[C@H](C5CCCC5)[C@H](CC(=O)O)C4=O)n3)cn2)C1=O. The van der Waals surface area contributed by atoms with Crippen molar-refractivity contribution in [3.8, 4) is 22.4 Å². The van der Waals surface area contributed by atoms with Gasteiger partial charge in [0.15, 0.2) is 5.13 Å². The Labute approximate surface area is 250 Å². The average molecular weight is 587 g/mol. The molecule has 1 N–H and O–H groups in total. The highest BCUT2D eigenvalue weighted by Gasteiger charge is 2.40. The molecule has 4 heterocycles. The average Bonchev–Trinajstić information content (AvgIpc) is 3.76. The molecule has 0 bridgehead atoms. The Morgan fingerprint density at radius 2 is 1.69 bits per heavy atom. The van der Waals surface area contributed by atoms with Crippen LogP contribution in [0.25, 0.3) is 22.4 Å². The van der Waals surface area contributed by atoms with Gasteiger partial charge < -0.3 is 5.11 Å². The Bertz CT molecular complexity index is 1450. The molecular formula is C33H38N4O4S. The molecule has 2 aliphatic heterocycles. The lowest BCUT2D eigenvalue weighted by Gasteiger charge is -2.35. The van der Waals surface area contributed by atoms with E-state index >= 15 is 0 Å². The smallest absolute Gasteiger partial charge is 0.304 e. The summed E-state index contributed by atoms with van der Waals surface area (Å²) in [4.78, 5) is 51.5. The number of carbonyl (C=O) groups excluding carboxylic acids is 2. The van der Waals surface area contributed by atoms with E-state index in [1.54, 1.807) is 16.0 Å². The summed E-state index contributed by atoms with van der Waals surface area (Å²) in [6, 6.07) is 11.9. The summed E-state index contributed by atoms with van der Waals surface area (Å²) in [7, 11) is 0. The van der Waals surface area contributed by atoms with E-state index in [1.807, 2.05) is 48.7 Å². The first-order valence-electron chi connectivity index (χ1n) is 15.3. The quantitative estimate of drug-likeness (QED) is 0.332. The third-order valence-electron chi connectivity index (χ3n) is 9.40. The zero-order chi connectivity index (χ0) is 29.2. The molecule has 3 aliphatic rings. The Kier molecular flexibility index (Phi) is 8.38. The molecule has 220 valence electrons. The molecule has 3 aromatic rings. The van der Waals surface area contributed by atoms with E-state index < -0.39 is 11.9 Å². The fourth-order valence-electron chi connectivity index (χ4n) is 7.14. The molecule has 2 aromatic heterocycles. The molecule has 6 rings (SSSR count). The van der Waals surface area contributed by atoms with Crippen LogP contribution in [0.2, 0.25) is 0 Å². The molecule has 1 aliphatic carbocycles. The zero-order valence-electron chi connectivity index (χ0n) is 24.1. The fourth-order valence-corrected chi connectivity index (χ4v) is 7.99. The number of anilines is 2. The maximum Gasteiger partial charge on any atom is 0.304 e. The van der Waals surface area contributed by atoms with Gasteiger partial charge >= 0.3 is 5.97 Å². The number of carboxylic acid groups (broad SMARTS) is 1. The van der Waals surface area contributed by atoms with Crippen LogP contribution >= 0.6 is 11.3 Å². The number of carboxylic acids is 1. The van der Waals surface area contributed by atoms with E-state index in [9.17, 15) is 19.5 Å². The Morgan fingerprint density at radius 3 is 2.38 bits per heavy atom. The number of hydrogen-bond acceptors (Lipinski definition) is 6. The normalized spacial score (nSPS) is 23.8. The van der Waals surface area contributed by atoms with Crippen molar-refractivity contribution in [3.05, 3.63) is 48.0 Å². The third kappa shape index (κ3) is 5.71. The zero-order valence-corrected chi connectivity index (χ0v) is 24.9. The van der Waals surface area contributed by atoms with E-state index in [4.69, 9.17) is 4.98 Å². The first-order valence-corrected chi connectivity index (χ1v) is 16.1. The molecule has 1 aromatic carbocycles. The number of hydrogen-bond donors (Lipinski definition) is 1. The minimum atomic E-state index is -0.908. The van der Waals surface area contributed by atoms with Gasteiger partial charge in [-0.3, -0.25) is 24.2 Å². The summed E-state index contributed by atoms with van der Waals surface area (Å²) in [6.45, 7) is 3.20. The lowest BCUT2D eigenvalue weighted by molar-refractivity contribution is -0.142. The Balaban J connectivity index is 1.27.